The Labute approximate surface area is 186 Å². The Morgan fingerprint density at radius 3 is 2.55 bits per heavy atom. The van der Waals surface area contributed by atoms with E-state index in [9.17, 15) is 9.59 Å². The van der Waals surface area contributed by atoms with Gasteiger partial charge in [0.25, 0.3) is 0 Å². The monoisotopic (exact) mass is 439 g/mol. The minimum Gasteiger partial charge on any atom is -0.423 e. The fourth-order valence-electron chi connectivity index (χ4n) is 3.93. The number of carbonyl (C=O) groups is 1. The molecule has 0 unspecified atom stereocenters. The van der Waals surface area contributed by atoms with E-state index in [1.165, 1.54) is 5.56 Å². The molecule has 0 atom stereocenters. The number of hydrogen-bond donors (Lipinski definition) is 1. The minimum atomic E-state index is -0.318. The molecule has 1 aromatic heterocycles. The van der Waals surface area contributed by atoms with Crippen LogP contribution in [0.4, 0.5) is 5.69 Å². The van der Waals surface area contributed by atoms with Crippen LogP contribution in [-0.4, -0.2) is 48.4 Å². The summed E-state index contributed by atoms with van der Waals surface area (Å²) in [5.41, 5.74) is 3.16. The average Bonchev–Trinajstić information content (AvgIpc) is 2.76. The van der Waals surface area contributed by atoms with Crippen molar-refractivity contribution in [3.63, 3.8) is 0 Å². The van der Waals surface area contributed by atoms with Crippen LogP contribution in [0, 0.1) is 0 Å². The highest BCUT2D eigenvalue weighted by atomic mass is 35.5. The number of amides is 1. The summed E-state index contributed by atoms with van der Waals surface area (Å²) in [7, 11) is 0. The van der Waals surface area contributed by atoms with E-state index < -0.39 is 0 Å². The van der Waals surface area contributed by atoms with Crippen LogP contribution in [-0.2, 0) is 17.8 Å². The van der Waals surface area contributed by atoms with E-state index in [1.54, 1.807) is 18.2 Å². The molecular weight excluding hydrogens is 414 g/mol. The molecule has 1 fully saturated rings. The van der Waals surface area contributed by atoms with Gasteiger partial charge in [0.05, 0.1) is 17.3 Å². The van der Waals surface area contributed by atoms with Crippen LogP contribution in [0.2, 0.25) is 5.02 Å². The van der Waals surface area contributed by atoms with Gasteiger partial charge in [0, 0.05) is 44.2 Å². The molecule has 162 valence electrons. The van der Waals surface area contributed by atoms with Crippen molar-refractivity contribution in [3.8, 4) is 0 Å². The second-order valence-corrected chi connectivity index (χ2v) is 8.26. The van der Waals surface area contributed by atoms with Gasteiger partial charge in [-0.05, 0) is 41.8 Å². The number of benzene rings is 2. The fraction of sp³-hybridized carbons (Fsp3) is 0.333. The number of aryl methyl sites for hydroxylation is 1. The normalized spacial score (nSPS) is 15.3. The molecule has 0 aliphatic carbocycles. The van der Waals surface area contributed by atoms with Crippen LogP contribution in [0.5, 0.6) is 0 Å². The van der Waals surface area contributed by atoms with Crippen LogP contribution >= 0.6 is 11.6 Å². The molecule has 1 saturated heterocycles. The first-order chi connectivity index (χ1) is 15.0. The van der Waals surface area contributed by atoms with Crippen molar-refractivity contribution >= 4 is 34.2 Å². The summed E-state index contributed by atoms with van der Waals surface area (Å²) >= 11 is 6.11. The van der Waals surface area contributed by atoms with Gasteiger partial charge >= 0.3 is 5.63 Å². The van der Waals surface area contributed by atoms with Gasteiger partial charge in [0.15, 0.2) is 0 Å². The maximum Gasteiger partial charge on any atom is 0.336 e. The predicted molar refractivity (Wildman–Crippen MR) is 124 cm³/mol. The summed E-state index contributed by atoms with van der Waals surface area (Å²) in [6, 6.07) is 14.8. The third-order valence-corrected chi connectivity index (χ3v) is 6.00. The van der Waals surface area contributed by atoms with Crippen LogP contribution in [0.1, 0.15) is 18.1 Å². The molecule has 0 spiro atoms. The molecule has 4 rings (SSSR count). The number of carbonyl (C=O) groups excluding carboxylic acids is 1. The van der Waals surface area contributed by atoms with Gasteiger partial charge in [-0.15, -0.1) is 0 Å². The van der Waals surface area contributed by atoms with Crippen LogP contribution < -0.4 is 10.9 Å². The molecule has 31 heavy (non-hydrogen) atoms. The Bertz CT molecular complexity index is 1140. The summed E-state index contributed by atoms with van der Waals surface area (Å²) in [5, 5.41) is 4.41. The molecule has 2 aromatic carbocycles. The minimum absolute atomic E-state index is 0.0692. The maximum absolute atomic E-state index is 12.4. The number of nitrogens with one attached hydrogen (secondary N) is 1. The summed E-state index contributed by atoms with van der Waals surface area (Å²) in [6.45, 7) is 6.36. The van der Waals surface area contributed by atoms with Crippen molar-refractivity contribution < 1.29 is 9.21 Å². The van der Waals surface area contributed by atoms with E-state index in [0.29, 0.717) is 29.4 Å². The van der Waals surface area contributed by atoms with Gasteiger partial charge in [-0.25, -0.2) is 4.79 Å². The van der Waals surface area contributed by atoms with Crippen molar-refractivity contribution in [2.24, 2.45) is 0 Å². The quantitative estimate of drug-likeness (QED) is 0.592. The molecular formula is C24H26ClN3O3. The van der Waals surface area contributed by atoms with Gasteiger partial charge in [0.1, 0.15) is 5.58 Å². The number of piperazine rings is 1. The van der Waals surface area contributed by atoms with Gasteiger partial charge in [-0.1, -0.05) is 36.7 Å². The Hall–Kier alpha value is -2.67. The Morgan fingerprint density at radius 2 is 1.81 bits per heavy atom. The fourth-order valence-corrected chi connectivity index (χ4v) is 4.11. The van der Waals surface area contributed by atoms with E-state index in [-0.39, 0.29) is 11.5 Å². The Kier molecular flexibility index (Phi) is 6.70. The van der Waals surface area contributed by atoms with Crippen molar-refractivity contribution in [2.45, 2.75) is 19.9 Å². The number of rotatable bonds is 6. The van der Waals surface area contributed by atoms with Gasteiger partial charge in [0.2, 0.25) is 5.91 Å². The number of para-hydroxylation sites is 1. The first-order valence-electron chi connectivity index (χ1n) is 10.6. The van der Waals surface area contributed by atoms with Crippen LogP contribution in [0.25, 0.3) is 11.0 Å². The smallest absolute Gasteiger partial charge is 0.336 e. The lowest BCUT2D eigenvalue weighted by atomic mass is 10.0. The summed E-state index contributed by atoms with van der Waals surface area (Å²) < 4.78 is 5.37. The molecule has 0 saturated carbocycles. The molecule has 1 amide bonds. The Morgan fingerprint density at radius 1 is 1.06 bits per heavy atom. The third-order valence-electron chi connectivity index (χ3n) is 5.67. The van der Waals surface area contributed by atoms with Crippen molar-refractivity contribution in [3.05, 3.63) is 75.1 Å². The second-order valence-electron chi connectivity index (χ2n) is 7.86. The van der Waals surface area contributed by atoms with Gasteiger partial charge in [-0.2, -0.15) is 0 Å². The topological polar surface area (TPSA) is 65.8 Å². The van der Waals surface area contributed by atoms with E-state index in [4.69, 9.17) is 16.0 Å². The number of fused-ring (bicyclic) bond motifs is 1. The number of halogens is 1. The molecule has 3 aromatic rings. The lowest BCUT2D eigenvalue weighted by Crippen LogP contribution is -2.48. The standard InChI is InChI=1S/C24H26ClN3O3/c1-2-17-7-8-22-19(13-17)18(14-24(30)31-22)15-27-9-11-28(12-10-27)16-23(29)26-21-6-4-3-5-20(21)25/h3-8,13-14H,2,9-12,15-16H2,1H3,(H,26,29). The molecule has 0 bridgehead atoms. The van der Waals surface area contributed by atoms with E-state index in [2.05, 4.69) is 28.1 Å². The van der Waals surface area contributed by atoms with Gasteiger partial charge in [-0.3, -0.25) is 14.6 Å². The summed E-state index contributed by atoms with van der Waals surface area (Å²) in [4.78, 5) is 28.8. The predicted octanol–water partition coefficient (Wildman–Crippen LogP) is 3.77. The summed E-state index contributed by atoms with van der Waals surface area (Å²) in [6.07, 6.45) is 0.934. The Balaban J connectivity index is 1.36. The third kappa shape index (κ3) is 5.34. The maximum atomic E-state index is 12.4. The van der Waals surface area contributed by atoms with Crippen LogP contribution in [0.15, 0.2) is 57.7 Å². The summed E-state index contributed by atoms with van der Waals surface area (Å²) in [5.74, 6) is -0.0692. The van der Waals surface area contributed by atoms with Crippen molar-refractivity contribution in [2.75, 3.05) is 38.0 Å². The van der Waals surface area contributed by atoms with E-state index in [1.807, 2.05) is 24.3 Å². The number of hydrogen-bond acceptors (Lipinski definition) is 5. The molecule has 1 N–H and O–H groups in total. The SMILES string of the molecule is CCc1ccc2oc(=O)cc(CN3CCN(CC(=O)Nc4ccccc4Cl)CC3)c2c1. The van der Waals surface area contributed by atoms with E-state index >= 15 is 0 Å². The molecule has 6 nitrogen and oxygen atoms in total. The van der Waals surface area contributed by atoms with Gasteiger partial charge < -0.3 is 9.73 Å². The molecule has 1 aliphatic rings. The second kappa shape index (κ2) is 9.64. The highest BCUT2D eigenvalue weighted by molar-refractivity contribution is 6.33. The number of nitrogens with zero attached hydrogens (tertiary/aromatic N) is 2. The molecule has 7 heteroatoms. The zero-order chi connectivity index (χ0) is 21.8. The van der Waals surface area contributed by atoms with E-state index in [0.717, 1.165) is 43.5 Å². The molecule has 0 radical (unpaired) electrons. The van der Waals surface area contributed by atoms with Crippen molar-refractivity contribution in [1.82, 2.24) is 9.80 Å². The lowest BCUT2D eigenvalue weighted by Gasteiger charge is -2.34. The largest absolute Gasteiger partial charge is 0.423 e. The zero-order valence-electron chi connectivity index (χ0n) is 17.6. The van der Waals surface area contributed by atoms with Crippen molar-refractivity contribution in [1.29, 1.82) is 0 Å². The molecule has 1 aliphatic heterocycles. The van der Waals surface area contributed by atoms with Crippen LogP contribution in [0.3, 0.4) is 0 Å². The number of anilines is 1. The first kappa shape index (κ1) is 21.6. The first-order valence-corrected chi connectivity index (χ1v) is 10.9. The zero-order valence-corrected chi connectivity index (χ0v) is 18.3. The highest BCUT2D eigenvalue weighted by Crippen LogP contribution is 2.22. The highest BCUT2D eigenvalue weighted by Gasteiger charge is 2.20. The lowest BCUT2D eigenvalue weighted by molar-refractivity contribution is -0.117. The molecule has 2 heterocycles. The average molecular weight is 440 g/mol.